The molecule has 0 amide bonds. The van der Waals surface area contributed by atoms with Crippen LogP contribution in [0.15, 0.2) is 24.5 Å². The van der Waals surface area contributed by atoms with Gasteiger partial charge in [-0.3, -0.25) is 0 Å². The molecule has 0 spiro atoms. The van der Waals surface area contributed by atoms with Crippen LogP contribution in [0, 0.1) is 5.41 Å². The molecule has 2 unspecified atom stereocenters. The van der Waals surface area contributed by atoms with Gasteiger partial charge in [-0.1, -0.05) is 19.9 Å². The number of para-hydroxylation sites is 1. The molecule has 2 N–H and O–H groups in total. The summed E-state index contributed by atoms with van der Waals surface area (Å²) in [6, 6.07) is 5.31. The average Bonchev–Trinajstić information content (AvgIpc) is 2.78. The third kappa shape index (κ3) is 1.58. The Morgan fingerprint density at radius 3 is 2.79 bits per heavy atom. The lowest BCUT2D eigenvalue weighted by Gasteiger charge is -2.49. The zero-order valence-corrected chi connectivity index (χ0v) is 10.9. The molecule has 3 rings (SSSR count). The molecule has 0 aliphatic heterocycles. The van der Waals surface area contributed by atoms with Crippen molar-refractivity contribution in [2.24, 2.45) is 5.41 Å². The van der Waals surface area contributed by atoms with Gasteiger partial charge >= 0.3 is 5.97 Å². The van der Waals surface area contributed by atoms with Crippen molar-refractivity contribution < 1.29 is 15.0 Å². The van der Waals surface area contributed by atoms with Gasteiger partial charge in [-0.2, -0.15) is 0 Å². The third-order valence-corrected chi connectivity index (χ3v) is 4.33. The van der Waals surface area contributed by atoms with Gasteiger partial charge in [0, 0.05) is 11.5 Å². The van der Waals surface area contributed by atoms with Crippen molar-refractivity contribution in [1.29, 1.82) is 0 Å². The van der Waals surface area contributed by atoms with E-state index in [9.17, 15) is 9.90 Å². The fourth-order valence-corrected chi connectivity index (χ4v) is 2.83. The summed E-state index contributed by atoms with van der Waals surface area (Å²) < 4.78 is 1.98. The molecule has 5 heteroatoms. The van der Waals surface area contributed by atoms with E-state index in [0.717, 1.165) is 5.52 Å². The van der Waals surface area contributed by atoms with Crippen LogP contribution < -0.4 is 0 Å². The summed E-state index contributed by atoms with van der Waals surface area (Å²) in [4.78, 5) is 15.4. The topological polar surface area (TPSA) is 75.3 Å². The smallest absolute Gasteiger partial charge is 0.337 e. The number of nitrogens with zero attached hydrogens (tertiary/aromatic N) is 2. The van der Waals surface area contributed by atoms with E-state index in [1.165, 1.54) is 0 Å². The number of aliphatic hydroxyl groups is 1. The molecule has 0 bridgehead atoms. The first-order valence-electron chi connectivity index (χ1n) is 6.30. The van der Waals surface area contributed by atoms with Crippen molar-refractivity contribution in [3.05, 3.63) is 30.1 Å². The third-order valence-electron chi connectivity index (χ3n) is 4.33. The van der Waals surface area contributed by atoms with Crippen LogP contribution in [0.2, 0.25) is 0 Å². The van der Waals surface area contributed by atoms with E-state index < -0.39 is 5.97 Å². The van der Waals surface area contributed by atoms with Gasteiger partial charge in [0.25, 0.3) is 0 Å². The van der Waals surface area contributed by atoms with E-state index in [2.05, 4.69) is 4.98 Å². The Labute approximate surface area is 110 Å². The van der Waals surface area contributed by atoms with Crippen LogP contribution >= 0.6 is 0 Å². The van der Waals surface area contributed by atoms with Gasteiger partial charge < -0.3 is 14.8 Å². The molecule has 0 radical (unpaired) electrons. The second kappa shape index (κ2) is 3.81. The number of aromatic carboxylic acids is 1. The summed E-state index contributed by atoms with van der Waals surface area (Å²) in [6.45, 7) is 4.03. The second-order valence-corrected chi connectivity index (χ2v) is 5.72. The number of carbonyl (C=O) groups is 1. The monoisotopic (exact) mass is 260 g/mol. The van der Waals surface area contributed by atoms with Crippen molar-refractivity contribution in [3.8, 4) is 0 Å². The summed E-state index contributed by atoms with van der Waals surface area (Å²) in [5.74, 6) is -0.969. The minimum Gasteiger partial charge on any atom is -0.478 e. The lowest BCUT2D eigenvalue weighted by molar-refractivity contribution is -0.0878. The SMILES string of the molecule is CC1(C)C(O)CC1n1cnc2c(C(=O)O)cccc21. The van der Waals surface area contributed by atoms with Gasteiger partial charge in [0.1, 0.15) is 5.52 Å². The summed E-state index contributed by atoms with van der Waals surface area (Å²) in [5.41, 5.74) is 1.32. The van der Waals surface area contributed by atoms with Gasteiger partial charge in [-0.15, -0.1) is 0 Å². The van der Waals surface area contributed by atoms with E-state index in [4.69, 9.17) is 5.11 Å². The fraction of sp³-hybridized carbons (Fsp3) is 0.429. The first kappa shape index (κ1) is 12.2. The molecule has 1 aliphatic rings. The highest BCUT2D eigenvalue weighted by Gasteiger charge is 2.48. The second-order valence-electron chi connectivity index (χ2n) is 5.72. The van der Waals surface area contributed by atoms with E-state index in [0.29, 0.717) is 11.9 Å². The molecule has 2 aromatic rings. The number of aromatic nitrogens is 2. The number of carboxylic acids is 1. The van der Waals surface area contributed by atoms with Crippen molar-refractivity contribution in [2.75, 3.05) is 0 Å². The first-order valence-corrected chi connectivity index (χ1v) is 6.30. The lowest BCUT2D eigenvalue weighted by atomic mass is 9.64. The van der Waals surface area contributed by atoms with Crippen molar-refractivity contribution in [3.63, 3.8) is 0 Å². The largest absolute Gasteiger partial charge is 0.478 e. The maximum absolute atomic E-state index is 11.2. The molecule has 1 aromatic carbocycles. The van der Waals surface area contributed by atoms with Gasteiger partial charge in [0.05, 0.1) is 23.5 Å². The Morgan fingerprint density at radius 1 is 1.47 bits per heavy atom. The number of rotatable bonds is 2. The molecule has 1 fully saturated rings. The molecular formula is C14H16N2O3. The van der Waals surface area contributed by atoms with E-state index in [-0.39, 0.29) is 23.1 Å². The Morgan fingerprint density at radius 2 is 2.21 bits per heavy atom. The van der Waals surface area contributed by atoms with Gasteiger partial charge in [-0.05, 0) is 18.6 Å². The fourth-order valence-electron chi connectivity index (χ4n) is 2.83. The summed E-state index contributed by atoms with van der Waals surface area (Å²) >= 11 is 0. The van der Waals surface area contributed by atoms with E-state index >= 15 is 0 Å². The molecule has 100 valence electrons. The molecule has 19 heavy (non-hydrogen) atoms. The summed E-state index contributed by atoms with van der Waals surface area (Å²) in [7, 11) is 0. The van der Waals surface area contributed by atoms with Crippen LogP contribution in [0.1, 0.15) is 36.7 Å². The normalized spacial score (nSPS) is 25.2. The van der Waals surface area contributed by atoms with Gasteiger partial charge in [0.2, 0.25) is 0 Å². The van der Waals surface area contributed by atoms with Gasteiger partial charge in [0.15, 0.2) is 0 Å². The Balaban J connectivity index is 2.13. The number of imidazole rings is 1. The quantitative estimate of drug-likeness (QED) is 0.866. The van der Waals surface area contributed by atoms with E-state index in [1.54, 1.807) is 18.5 Å². The van der Waals surface area contributed by atoms with Crippen molar-refractivity contribution >= 4 is 17.0 Å². The first-order chi connectivity index (χ1) is 8.93. The number of hydrogen-bond donors (Lipinski definition) is 2. The number of carboxylic acid groups (broad SMARTS) is 1. The number of aliphatic hydroxyl groups excluding tert-OH is 1. The lowest BCUT2D eigenvalue weighted by Crippen LogP contribution is -2.49. The minimum atomic E-state index is -0.969. The highest BCUT2D eigenvalue weighted by atomic mass is 16.4. The average molecular weight is 260 g/mol. The van der Waals surface area contributed by atoms with Crippen LogP contribution in [0.4, 0.5) is 0 Å². The van der Waals surface area contributed by atoms with Crippen LogP contribution in [0.5, 0.6) is 0 Å². The molecule has 2 atom stereocenters. The van der Waals surface area contributed by atoms with Crippen LogP contribution in [0.25, 0.3) is 11.0 Å². The molecule has 1 heterocycles. The van der Waals surface area contributed by atoms with Crippen molar-refractivity contribution in [2.45, 2.75) is 32.4 Å². The number of hydrogen-bond acceptors (Lipinski definition) is 3. The molecule has 1 aromatic heterocycles. The molecule has 5 nitrogen and oxygen atoms in total. The molecular weight excluding hydrogens is 244 g/mol. The number of fused-ring (bicyclic) bond motifs is 1. The van der Waals surface area contributed by atoms with Crippen molar-refractivity contribution in [1.82, 2.24) is 9.55 Å². The van der Waals surface area contributed by atoms with E-state index in [1.807, 2.05) is 24.5 Å². The zero-order valence-electron chi connectivity index (χ0n) is 10.9. The number of benzene rings is 1. The predicted octanol–water partition coefficient (Wildman–Crippen LogP) is 2.07. The minimum absolute atomic E-state index is 0.150. The Kier molecular flexibility index (Phi) is 2.44. The molecule has 1 saturated carbocycles. The molecule has 0 saturated heterocycles. The Hall–Kier alpha value is -1.88. The zero-order chi connectivity index (χ0) is 13.8. The Bertz CT molecular complexity index is 660. The predicted molar refractivity (Wildman–Crippen MR) is 70.1 cm³/mol. The van der Waals surface area contributed by atoms with Crippen LogP contribution in [-0.2, 0) is 0 Å². The van der Waals surface area contributed by atoms with Crippen LogP contribution in [-0.4, -0.2) is 31.8 Å². The van der Waals surface area contributed by atoms with Gasteiger partial charge in [-0.25, -0.2) is 9.78 Å². The summed E-state index contributed by atoms with van der Waals surface area (Å²) in [5, 5.41) is 19.0. The highest BCUT2D eigenvalue weighted by Crippen LogP contribution is 2.50. The maximum atomic E-state index is 11.2. The standard InChI is InChI=1S/C14H16N2O3/c1-14(2)10(6-11(14)17)16-7-15-12-8(13(18)19)4-3-5-9(12)16/h3-5,7,10-11,17H,6H2,1-2H3,(H,18,19). The highest BCUT2D eigenvalue weighted by molar-refractivity contribution is 6.00. The molecule has 1 aliphatic carbocycles. The summed E-state index contributed by atoms with van der Waals surface area (Å²) in [6.07, 6.45) is 2.03. The van der Waals surface area contributed by atoms with Crippen LogP contribution in [0.3, 0.4) is 0 Å². The maximum Gasteiger partial charge on any atom is 0.337 e.